The SMILES string of the molecule is Cc1nc(Cl)nc2c1NC(=O)C1(CC1)CN2. The van der Waals surface area contributed by atoms with Gasteiger partial charge in [0.2, 0.25) is 11.2 Å². The summed E-state index contributed by atoms with van der Waals surface area (Å²) in [5.41, 5.74) is 1.10. The average Bonchev–Trinajstić information content (AvgIpc) is 3.00. The number of carbonyl (C=O) groups excluding carboxylic acids is 1. The van der Waals surface area contributed by atoms with Crippen LogP contribution in [-0.2, 0) is 4.79 Å². The third-order valence-electron chi connectivity index (χ3n) is 3.23. The minimum Gasteiger partial charge on any atom is -0.367 e. The summed E-state index contributed by atoms with van der Waals surface area (Å²) in [6.45, 7) is 2.43. The van der Waals surface area contributed by atoms with E-state index in [0.717, 1.165) is 12.8 Å². The van der Waals surface area contributed by atoms with Gasteiger partial charge in [-0.3, -0.25) is 4.79 Å². The molecule has 3 rings (SSSR count). The fraction of sp³-hybridized carbons (Fsp3) is 0.500. The first-order valence-electron chi connectivity index (χ1n) is 5.20. The van der Waals surface area contributed by atoms with Crippen LogP contribution in [0, 0.1) is 12.3 Å². The van der Waals surface area contributed by atoms with Gasteiger partial charge >= 0.3 is 0 Å². The first-order valence-corrected chi connectivity index (χ1v) is 5.58. The smallest absolute Gasteiger partial charge is 0.232 e. The van der Waals surface area contributed by atoms with Gasteiger partial charge < -0.3 is 10.6 Å². The van der Waals surface area contributed by atoms with Crippen LogP contribution in [0.3, 0.4) is 0 Å². The van der Waals surface area contributed by atoms with Gasteiger partial charge in [-0.2, -0.15) is 4.98 Å². The Morgan fingerprint density at radius 3 is 2.81 bits per heavy atom. The number of aryl methyl sites for hydroxylation is 1. The number of halogens is 1. The van der Waals surface area contributed by atoms with E-state index in [9.17, 15) is 4.79 Å². The van der Waals surface area contributed by atoms with E-state index in [0.29, 0.717) is 23.7 Å². The zero-order chi connectivity index (χ0) is 11.3. The predicted octanol–water partition coefficient (Wildman–Crippen LogP) is 1.58. The predicted molar refractivity (Wildman–Crippen MR) is 60.6 cm³/mol. The largest absolute Gasteiger partial charge is 0.367 e. The number of rotatable bonds is 0. The highest BCUT2D eigenvalue weighted by Crippen LogP contribution is 2.48. The Hall–Kier alpha value is -1.36. The molecule has 0 atom stereocenters. The van der Waals surface area contributed by atoms with Crippen molar-refractivity contribution in [3.05, 3.63) is 11.0 Å². The van der Waals surface area contributed by atoms with Gasteiger partial charge in [0, 0.05) is 6.54 Å². The molecular formula is C10H11ClN4O. The van der Waals surface area contributed by atoms with Crippen LogP contribution in [0.15, 0.2) is 0 Å². The van der Waals surface area contributed by atoms with Gasteiger partial charge in [-0.1, -0.05) is 0 Å². The molecule has 2 N–H and O–H groups in total. The Kier molecular flexibility index (Phi) is 1.89. The minimum absolute atomic E-state index is 0.0628. The number of fused-ring (bicyclic) bond motifs is 1. The number of hydrogen-bond donors (Lipinski definition) is 2. The van der Waals surface area contributed by atoms with Crippen LogP contribution in [0.5, 0.6) is 0 Å². The monoisotopic (exact) mass is 238 g/mol. The molecule has 5 nitrogen and oxygen atoms in total. The highest BCUT2D eigenvalue weighted by atomic mass is 35.5. The Bertz CT molecular complexity index is 484. The number of hydrogen-bond acceptors (Lipinski definition) is 4. The lowest BCUT2D eigenvalue weighted by Crippen LogP contribution is -2.27. The van der Waals surface area contributed by atoms with Gasteiger partial charge in [0.1, 0.15) is 5.69 Å². The van der Waals surface area contributed by atoms with Crippen molar-refractivity contribution in [2.45, 2.75) is 19.8 Å². The van der Waals surface area contributed by atoms with E-state index in [2.05, 4.69) is 20.6 Å². The third kappa shape index (κ3) is 1.35. The van der Waals surface area contributed by atoms with E-state index in [1.165, 1.54) is 0 Å². The fourth-order valence-electron chi connectivity index (χ4n) is 1.95. The van der Waals surface area contributed by atoms with Gasteiger partial charge in [0.25, 0.3) is 0 Å². The highest BCUT2D eigenvalue weighted by molar-refractivity contribution is 6.28. The Morgan fingerprint density at radius 2 is 2.12 bits per heavy atom. The van der Waals surface area contributed by atoms with Gasteiger partial charge in [0.15, 0.2) is 5.82 Å². The van der Waals surface area contributed by atoms with Crippen LogP contribution < -0.4 is 10.6 Å². The topological polar surface area (TPSA) is 66.9 Å². The fourth-order valence-corrected chi connectivity index (χ4v) is 2.16. The van der Waals surface area contributed by atoms with E-state index >= 15 is 0 Å². The molecule has 1 amide bonds. The molecule has 2 aliphatic rings. The molecular weight excluding hydrogens is 228 g/mol. The number of carbonyl (C=O) groups is 1. The normalized spacial score (nSPS) is 20.8. The first kappa shape index (κ1) is 9.84. The molecule has 0 bridgehead atoms. The summed E-state index contributed by atoms with van der Waals surface area (Å²) < 4.78 is 0. The number of anilines is 2. The molecule has 2 heterocycles. The second-order valence-corrected chi connectivity index (χ2v) is 4.73. The second kappa shape index (κ2) is 3.07. The van der Waals surface area contributed by atoms with Crippen LogP contribution >= 0.6 is 11.6 Å². The minimum atomic E-state index is -0.236. The standard InChI is InChI=1S/C10H11ClN4O/c1-5-6-7(15-9(11)13-5)12-4-10(2-3-10)8(16)14-6/h2-4H2,1H3,(H,14,16)(H,12,13,15). The van der Waals surface area contributed by atoms with Crippen molar-refractivity contribution in [1.29, 1.82) is 0 Å². The van der Waals surface area contributed by atoms with Crippen molar-refractivity contribution < 1.29 is 4.79 Å². The maximum atomic E-state index is 12.0. The molecule has 1 aliphatic carbocycles. The molecule has 16 heavy (non-hydrogen) atoms. The molecule has 6 heteroatoms. The quantitative estimate of drug-likeness (QED) is 0.674. The molecule has 0 saturated heterocycles. The molecule has 84 valence electrons. The number of aromatic nitrogens is 2. The lowest BCUT2D eigenvalue weighted by molar-refractivity contribution is -0.120. The molecule has 0 radical (unpaired) electrons. The molecule has 1 fully saturated rings. The van der Waals surface area contributed by atoms with E-state index in [1.54, 1.807) is 6.92 Å². The molecule has 1 aliphatic heterocycles. The highest BCUT2D eigenvalue weighted by Gasteiger charge is 2.51. The maximum Gasteiger partial charge on any atom is 0.232 e. The van der Waals surface area contributed by atoms with Gasteiger partial charge in [0.05, 0.1) is 11.1 Å². The summed E-state index contributed by atoms with van der Waals surface area (Å²) in [6.07, 6.45) is 1.86. The molecule has 1 saturated carbocycles. The summed E-state index contributed by atoms with van der Waals surface area (Å²) in [5, 5.41) is 6.26. The Labute approximate surface area is 97.6 Å². The summed E-state index contributed by atoms with van der Waals surface area (Å²) in [4.78, 5) is 20.1. The van der Waals surface area contributed by atoms with E-state index in [4.69, 9.17) is 11.6 Å². The van der Waals surface area contributed by atoms with Gasteiger partial charge in [-0.15, -0.1) is 0 Å². The summed E-state index contributed by atoms with van der Waals surface area (Å²) in [7, 11) is 0. The summed E-state index contributed by atoms with van der Waals surface area (Å²) in [6, 6.07) is 0. The number of amides is 1. The van der Waals surface area contributed by atoms with Crippen LogP contribution in [0.2, 0.25) is 5.28 Å². The van der Waals surface area contributed by atoms with Crippen molar-refractivity contribution in [3.8, 4) is 0 Å². The van der Waals surface area contributed by atoms with Crippen LogP contribution in [0.1, 0.15) is 18.5 Å². The van der Waals surface area contributed by atoms with E-state index in [-0.39, 0.29) is 16.6 Å². The summed E-state index contributed by atoms with van der Waals surface area (Å²) in [5.74, 6) is 0.683. The Balaban J connectivity index is 2.06. The first-order chi connectivity index (χ1) is 7.61. The number of nitrogens with zero attached hydrogens (tertiary/aromatic N) is 2. The lowest BCUT2D eigenvalue weighted by atomic mass is 10.1. The van der Waals surface area contributed by atoms with Crippen LogP contribution in [0.4, 0.5) is 11.5 Å². The van der Waals surface area contributed by atoms with Crippen LogP contribution in [0.25, 0.3) is 0 Å². The number of nitrogens with one attached hydrogen (secondary N) is 2. The van der Waals surface area contributed by atoms with Crippen LogP contribution in [-0.4, -0.2) is 22.4 Å². The third-order valence-corrected chi connectivity index (χ3v) is 3.40. The second-order valence-electron chi connectivity index (χ2n) is 4.39. The van der Waals surface area contributed by atoms with Crippen molar-refractivity contribution in [3.63, 3.8) is 0 Å². The molecule has 1 spiro atoms. The zero-order valence-corrected chi connectivity index (χ0v) is 9.56. The Morgan fingerprint density at radius 1 is 1.38 bits per heavy atom. The summed E-state index contributed by atoms with van der Waals surface area (Å²) >= 11 is 5.78. The van der Waals surface area contributed by atoms with Gasteiger partial charge in [-0.05, 0) is 31.4 Å². The van der Waals surface area contributed by atoms with Crippen molar-refractivity contribution in [2.24, 2.45) is 5.41 Å². The van der Waals surface area contributed by atoms with Crippen molar-refractivity contribution >= 4 is 29.0 Å². The van der Waals surface area contributed by atoms with E-state index in [1.807, 2.05) is 0 Å². The van der Waals surface area contributed by atoms with Crippen molar-refractivity contribution in [1.82, 2.24) is 9.97 Å². The molecule has 1 aromatic rings. The molecule has 0 unspecified atom stereocenters. The molecule has 0 aromatic carbocycles. The maximum absolute atomic E-state index is 12.0. The van der Waals surface area contributed by atoms with Crippen molar-refractivity contribution in [2.75, 3.05) is 17.2 Å². The lowest BCUT2D eigenvalue weighted by Gasteiger charge is -2.09. The molecule has 1 aromatic heterocycles. The van der Waals surface area contributed by atoms with Gasteiger partial charge in [-0.25, -0.2) is 4.98 Å². The van der Waals surface area contributed by atoms with E-state index < -0.39 is 0 Å². The zero-order valence-electron chi connectivity index (χ0n) is 8.80. The average molecular weight is 239 g/mol.